The van der Waals surface area contributed by atoms with E-state index in [9.17, 15) is 5.11 Å². The van der Waals surface area contributed by atoms with Crippen LogP contribution in [-0.4, -0.2) is 34.4 Å². The van der Waals surface area contributed by atoms with Gasteiger partial charge in [-0.15, -0.1) is 0 Å². The molecule has 0 spiro atoms. The third-order valence-corrected chi connectivity index (χ3v) is 2.17. The van der Waals surface area contributed by atoms with E-state index in [1.807, 2.05) is 0 Å². The van der Waals surface area contributed by atoms with E-state index < -0.39 is 6.01 Å². The predicted octanol–water partition coefficient (Wildman–Crippen LogP) is 1.06. The van der Waals surface area contributed by atoms with Gasteiger partial charge >= 0.3 is 6.01 Å². The Balaban J connectivity index is 2.86. The van der Waals surface area contributed by atoms with Gasteiger partial charge in [0.25, 0.3) is 0 Å². The van der Waals surface area contributed by atoms with Crippen molar-refractivity contribution in [3.05, 3.63) is 12.1 Å². The second-order valence-corrected chi connectivity index (χ2v) is 3.04. The highest BCUT2D eigenvalue weighted by Gasteiger charge is 2.15. The van der Waals surface area contributed by atoms with E-state index in [0.29, 0.717) is 22.4 Å². The number of ether oxygens (including phenoxy) is 2. The molecule has 0 unspecified atom stereocenters. The van der Waals surface area contributed by atoms with Crippen LogP contribution in [0.4, 0.5) is 0 Å². The molecule has 0 aliphatic carbocycles. The summed E-state index contributed by atoms with van der Waals surface area (Å²) in [5.41, 5.74) is 0.377. The van der Waals surface area contributed by atoms with Crippen LogP contribution in [0.2, 0.25) is 0 Å². The molecule has 2 rings (SSSR count). The molecule has 0 saturated heterocycles. The molecular formula is C10H10N2O4. The van der Waals surface area contributed by atoms with Gasteiger partial charge in [-0.3, -0.25) is 0 Å². The number of aromatic nitrogens is 2. The van der Waals surface area contributed by atoms with Crippen LogP contribution < -0.4 is 9.47 Å². The molecule has 0 radical (unpaired) electrons. The van der Waals surface area contributed by atoms with Crippen molar-refractivity contribution in [1.82, 2.24) is 9.97 Å². The van der Waals surface area contributed by atoms with Gasteiger partial charge in [-0.1, -0.05) is 0 Å². The smallest absolute Gasteiger partial charge is 0.317 e. The summed E-state index contributed by atoms with van der Waals surface area (Å²) in [4.78, 5) is 7.22. The molecule has 1 aromatic carbocycles. The molecule has 0 aliphatic heterocycles. The van der Waals surface area contributed by atoms with E-state index >= 15 is 0 Å². The SMILES string of the molecule is COc1ccc2nc(O)nc(O)c2c1OC. The fourth-order valence-corrected chi connectivity index (χ4v) is 1.51. The molecule has 0 atom stereocenters. The van der Waals surface area contributed by atoms with E-state index in [0.717, 1.165) is 0 Å². The zero-order chi connectivity index (χ0) is 11.7. The molecule has 1 aromatic heterocycles. The Kier molecular flexibility index (Phi) is 2.40. The lowest BCUT2D eigenvalue weighted by molar-refractivity contribution is 0.355. The Labute approximate surface area is 91.1 Å². The third kappa shape index (κ3) is 1.44. The Morgan fingerprint density at radius 3 is 2.44 bits per heavy atom. The molecule has 0 bridgehead atoms. The van der Waals surface area contributed by atoms with Crippen LogP contribution in [0, 0.1) is 0 Å². The van der Waals surface area contributed by atoms with Crippen LogP contribution in [0.1, 0.15) is 0 Å². The Morgan fingerprint density at radius 2 is 1.81 bits per heavy atom. The lowest BCUT2D eigenvalue weighted by atomic mass is 10.2. The largest absolute Gasteiger partial charge is 0.493 e. The van der Waals surface area contributed by atoms with Crippen molar-refractivity contribution in [2.45, 2.75) is 0 Å². The minimum absolute atomic E-state index is 0.305. The molecule has 0 fully saturated rings. The minimum Gasteiger partial charge on any atom is -0.493 e. The van der Waals surface area contributed by atoms with Gasteiger partial charge in [0.05, 0.1) is 19.7 Å². The van der Waals surface area contributed by atoms with Gasteiger partial charge in [0.1, 0.15) is 5.39 Å². The molecule has 16 heavy (non-hydrogen) atoms. The highest BCUT2D eigenvalue weighted by molar-refractivity contribution is 5.92. The van der Waals surface area contributed by atoms with Crippen molar-refractivity contribution < 1.29 is 19.7 Å². The number of aromatic hydroxyl groups is 2. The number of benzene rings is 1. The fourth-order valence-electron chi connectivity index (χ4n) is 1.51. The van der Waals surface area contributed by atoms with Gasteiger partial charge < -0.3 is 19.7 Å². The predicted molar refractivity (Wildman–Crippen MR) is 56.0 cm³/mol. The number of nitrogens with zero attached hydrogens (tertiary/aromatic N) is 2. The molecule has 84 valence electrons. The Hall–Kier alpha value is -2.24. The van der Waals surface area contributed by atoms with Crippen LogP contribution in [-0.2, 0) is 0 Å². The fraction of sp³-hybridized carbons (Fsp3) is 0.200. The number of hydrogen-bond acceptors (Lipinski definition) is 6. The van der Waals surface area contributed by atoms with Gasteiger partial charge in [-0.25, -0.2) is 0 Å². The van der Waals surface area contributed by atoms with E-state index in [4.69, 9.17) is 14.6 Å². The van der Waals surface area contributed by atoms with Crippen molar-refractivity contribution in [1.29, 1.82) is 0 Å². The maximum Gasteiger partial charge on any atom is 0.317 e. The van der Waals surface area contributed by atoms with Crippen LogP contribution in [0.25, 0.3) is 10.9 Å². The second kappa shape index (κ2) is 3.73. The summed E-state index contributed by atoms with van der Waals surface area (Å²) in [6.07, 6.45) is 0. The monoisotopic (exact) mass is 222 g/mol. The van der Waals surface area contributed by atoms with Gasteiger partial charge in [0.15, 0.2) is 11.5 Å². The van der Waals surface area contributed by atoms with Gasteiger partial charge in [-0.05, 0) is 12.1 Å². The van der Waals surface area contributed by atoms with Crippen molar-refractivity contribution >= 4 is 10.9 Å². The summed E-state index contributed by atoms with van der Waals surface area (Å²) in [5.74, 6) is 0.440. The number of methoxy groups -OCH3 is 2. The van der Waals surface area contributed by atoms with Crippen LogP contribution >= 0.6 is 0 Å². The molecule has 1 heterocycles. The molecule has 0 aliphatic rings. The minimum atomic E-state index is -0.489. The highest BCUT2D eigenvalue weighted by atomic mass is 16.5. The van der Waals surface area contributed by atoms with Gasteiger partial charge in [0.2, 0.25) is 5.88 Å². The van der Waals surface area contributed by atoms with E-state index in [1.54, 1.807) is 12.1 Å². The first-order valence-electron chi connectivity index (χ1n) is 4.48. The van der Waals surface area contributed by atoms with E-state index in [-0.39, 0.29) is 5.88 Å². The van der Waals surface area contributed by atoms with E-state index in [2.05, 4.69) is 9.97 Å². The second-order valence-electron chi connectivity index (χ2n) is 3.04. The average Bonchev–Trinajstić information content (AvgIpc) is 2.27. The zero-order valence-electron chi connectivity index (χ0n) is 8.76. The van der Waals surface area contributed by atoms with Crippen molar-refractivity contribution in [2.75, 3.05) is 14.2 Å². The molecule has 2 aromatic rings. The third-order valence-electron chi connectivity index (χ3n) is 2.17. The number of rotatable bonds is 2. The Morgan fingerprint density at radius 1 is 1.06 bits per heavy atom. The molecule has 0 saturated carbocycles. The van der Waals surface area contributed by atoms with Gasteiger partial charge in [-0.2, -0.15) is 9.97 Å². The maximum absolute atomic E-state index is 9.64. The number of fused-ring (bicyclic) bond motifs is 1. The first-order chi connectivity index (χ1) is 7.67. The topological polar surface area (TPSA) is 84.7 Å². The molecule has 2 N–H and O–H groups in total. The standard InChI is InChI=1S/C10H10N2O4/c1-15-6-4-3-5-7(8(6)16-2)9(13)12-10(14)11-5/h3-4H,1-2H3,(H2,11,12,13,14). The van der Waals surface area contributed by atoms with Crippen LogP contribution in [0.5, 0.6) is 23.4 Å². The lowest BCUT2D eigenvalue weighted by Crippen LogP contribution is -1.94. The molecular weight excluding hydrogens is 212 g/mol. The van der Waals surface area contributed by atoms with Crippen molar-refractivity contribution in [2.24, 2.45) is 0 Å². The Bertz CT molecular complexity index is 542. The lowest BCUT2D eigenvalue weighted by Gasteiger charge is -2.10. The average molecular weight is 222 g/mol. The summed E-state index contributed by atoms with van der Waals surface area (Å²) in [6, 6.07) is 2.74. The van der Waals surface area contributed by atoms with Crippen molar-refractivity contribution in [3.8, 4) is 23.4 Å². The molecule has 0 amide bonds. The molecule has 6 heteroatoms. The first-order valence-corrected chi connectivity index (χ1v) is 4.48. The maximum atomic E-state index is 9.64. The van der Waals surface area contributed by atoms with Crippen molar-refractivity contribution in [3.63, 3.8) is 0 Å². The summed E-state index contributed by atoms with van der Waals surface area (Å²) < 4.78 is 10.2. The summed E-state index contributed by atoms with van der Waals surface area (Å²) in [5, 5.41) is 19.1. The summed E-state index contributed by atoms with van der Waals surface area (Å²) in [7, 11) is 2.94. The van der Waals surface area contributed by atoms with Crippen LogP contribution in [0.15, 0.2) is 12.1 Å². The highest BCUT2D eigenvalue weighted by Crippen LogP contribution is 2.39. The van der Waals surface area contributed by atoms with E-state index in [1.165, 1.54) is 14.2 Å². The summed E-state index contributed by atoms with van der Waals surface area (Å²) in [6.45, 7) is 0. The number of hydrogen-bond donors (Lipinski definition) is 2. The van der Waals surface area contributed by atoms with Gasteiger partial charge in [0, 0.05) is 0 Å². The molecule has 6 nitrogen and oxygen atoms in total. The quantitative estimate of drug-likeness (QED) is 0.790. The van der Waals surface area contributed by atoms with Crippen LogP contribution in [0.3, 0.4) is 0 Å². The zero-order valence-corrected chi connectivity index (χ0v) is 8.76. The summed E-state index contributed by atoms with van der Waals surface area (Å²) >= 11 is 0. The first kappa shape index (κ1) is 10.3. The normalized spacial score (nSPS) is 10.4.